The van der Waals surface area contributed by atoms with E-state index >= 15 is 0 Å². The zero-order valence-corrected chi connectivity index (χ0v) is 11.7. The smallest absolute Gasteiger partial charge is 0.320 e. The van der Waals surface area contributed by atoms with Gasteiger partial charge in [0.05, 0.1) is 11.3 Å². The van der Waals surface area contributed by atoms with Gasteiger partial charge in [-0.3, -0.25) is 9.59 Å². The van der Waals surface area contributed by atoms with Gasteiger partial charge >= 0.3 is 11.9 Å². The SMILES string of the molecule is O=C1OC(=O)C2(C3CCCCCC3)CCCCCC12. The zero-order valence-electron chi connectivity index (χ0n) is 11.7. The van der Waals surface area contributed by atoms with Crippen molar-refractivity contribution in [2.45, 2.75) is 70.6 Å². The summed E-state index contributed by atoms with van der Waals surface area (Å²) in [5.74, 6) is -0.157. The number of carbonyl (C=O) groups excluding carboxylic acids is 2. The molecule has 1 saturated heterocycles. The minimum atomic E-state index is -0.447. The second-order valence-corrected chi connectivity index (χ2v) is 6.59. The Kier molecular flexibility index (Phi) is 3.64. The van der Waals surface area contributed by atoms with Gasteiger partial charge in [0.15, 0.2) is 0 Å². The number of esters is 2. The van der Waals surface area contributed by atoms with Gasteiger partial charge in [0.2, 0.25) is 0 Å². The summed E-state index contributed by atoms with van der Waals surface area (Å²) in [6, 6.07) is 0. The van der Waals surface area contributed by atoms with E-state index in [4.69, 9.17) is 4.74 Å². The van der Waals surface area contributed by atoms with E-state index in [-0.39, 0.29) is 17.9 Å². The molecule has 2 unspecified atom stereocenters. The maximum absolute atomic E-state index is 12.5. The topological polar surface area (TPSA) is 43.4 Å². The molecule has 0 aromatic rings. The van der Waals surface area contributed by atoms with E-state index in [0.717, 1.165) is 44.9 Å². The molecular formula is C16H24O3. The summed E-state index contributed by atoms with van der Waals surface area (Å²) in [5.41, 5.74) is -0.447. The normalized spacial score (nSPS) is 37.4. The van der Waals surface area contributed by atoms with Gasteiger partial charge in [-0.05, 0) is 31.6 Å². The molecule has 0 radical (unpaired) electrons. The Morgan fingerprint density at radius 3 is 2.21 bits per heavy atom. The summed E-state index contributed by atoms with van der Waals surface area (Å²) in [6.07, 6.45) is 12.2. The Labute approximate surface area is 115 Å². The molecular weight excluding hydrogens is 240 g/mol. The van der Waals surface area contributed by atoms with Gasteiger partial charge in [-0.25, -0.2) is 0 Å². The quantitative estimate of drug-likeness (QED) is 0.413. The molecule has 3 nitrogen and oxygen atoms in total. The third kappa shape index (κ3) is 2.11. The summed E-state index contributed by atoms with van der Waals surface area (Å²) in [7, 11) is 0. The van der Waals surface area contributed by atoms with Crippen LogP contribution in [0, 0.1) is 17.3 Å². The molecule has 1 heterocycles. The maximum atomic E-state index is 12.5. The third-order valence-corrected chi connectivity index (χ3v) is 5.65. The second-order valence-electron chi connectivity index (χ2n) is 6.59. The molecule has 1 aliphatic heterocycles. The molecule has 3 rings (SSSR count). The monoisotopic (exact) mass is 264 g/mol. The zero-order chi connectivity index (χ0) is 13.3. The molecule has 0 aromatic carbocycles. The van der Waals surface area contributed by atoms with Crippen LogP contribution in [-0.2, 0) is 14.3 Å². The maximum Gasteiger partial charge on any atom is 0.320 e. The lowest BCUT2D eigenvalue weighted by atomic mass is 9.63. The van der Waals surface area contributed by atoms with E-state index in [1.807, 2.05) is 0 Å². The van der Waals surface area contributed by atoms with Gasteiger partial charge in [0.25, 0.3) is 0 Å². The van der Waals surface area contributed by atoms with Crippen LogP contribution in [0.15, 0.2) is 0 Å². The van der Waals surface area contributed by atoms with Crippen molar-refractivity contribution in [2.24, 2.45) is 17.3 Å². The first kappa shape index (κ1) is 13.1. The van der Waals surface area contributed by atoms with Crippen molar-refractivity contribution in [2.75, 3.05) is 0 Å². The fraction of sp³-hybridized carbons (Fsp3) is 0.875. The fourth-order valence-electron chi connectivity index (χ4n) is 4.65. The second kappa shape index (κ2) is 5.26. The number of carbonyl (C=O) groups is 2. The van der Waals surface area contributed by atoms with Crippen molar-refractivity contribution < 1.29 is 14.3 Å². The van der Waals surface area contributed by atoms with Crippen LogP contribution < -0.4 is 0 Å². The van der Waals surface area contributed by atoms with Crippen molar-refractivity contribution in [3.8, 4) is 0 Å². The number of fused-ring (bicyclic) bond motifs is 1. The first-order chi connectivity index (χ1) is 9.25. The fourth-order valence-corrected chi connectivity index (χ4v) is 4.65. The minimum Gasteiger partial charge on any atom is -0.392 e. The number of rotatable bonds is 1. The van der Waals surface area contributed by atoms with Crippen LogP contribution in [0.1, 0.15) is 70.6 Å². The number of ether oxygens (including phenoxy) is 1. The summed E-state index contributed by atoms with van der Waals surface area (Å²) < 4.78 is 5.08. The molecule has 106 valence electrons. The van der Waals surface area contributed by atoms with Crippen LogP contribution in [0.5, 0.6) is 0 Å². The molecule has 0 amide bonds. The molecule has 19 heavy (non-hydrogen) atoms. The van der Waals surface area contributed by atoms with E-state index in [9.17, 15) is 9.59 Å². The molecule has 0 spiro atoms. The predicted molar refractivity (Wildman–Crippen MR) is 71.3 cm³/mol. The van der Waals surface area contributed by atoms with Crippen LogP contribution >= 0.6 is 0 Å². The summed E-state index contributed by atoms with van der Waals surface area (Å²) in [6.45, 7) is 0. The highest BCUT2D eigenvalue weighted by atomic mass is 16.6. The van der Waals surface area contributed by atoms with Crippen LogP contribution in [0.3, 0.4) is 0 Å². The molecule has 3 fully saturated rings. The van der Waals surface area contributed by atoms with E-state index < -0.39 is 5.41 Å². The van der Waals surface area contributed by atoms with Gasteiger partial charge in [-0.15, -0.1) is 0 Å². The lowest BCUT2D eigenvalue weighted by molar-refractivity contribution is -0.156. The van der Waals surface area contributed by atoms with Crippen molar-refractivity contribution in [3.05, 3.63) is 0 Å². The Morgan fingerprint density at radius 2 is 1.47 bits per heavy atom. The highest BCUT2D eigenvalue weighted by molar-refractivity contribution is 5.99. The lowest BCUT2D eigenvalue weighted by Gasteiger charge is -2.36. The summed E-state index contributed by atoms with van der Waals surface area (Å²) in [5, 5.41) is 0. The Balaban J connectivity index is 1.94. The molecule has 2 saturated carbocycles. The highest BCUT2D eigenvalue weighted by Crippen LogP contribution is 2.54. The predicted octanol–water partition coefficient (Wildman–Crippen LogP) is 3.61. The summed E-state index contributed by atoms with van der Waals surface area (Å²) in [4.78, 5) is 24.5. The van der Waals surface area contributed by atoms with Crippen LogP contribution in [0.25, 0.3) is 0 Å². The number of hydrogen-bond acceptors (Lipinski definition) is 3. The average Bonchev–Trinajstić information content (AvgIpc) is 2.71. The van der Waals surface area contributed by atoms with E-state index in [0.29, 0.717) is 5.92 Å². The van der Waals surface area contributed by atoms with Gasteiger partial charge in [0.1, 0.15) is 0 Å². The van der Waals surface area contributed by atoms with Crippen molar-refractivity contribution in [1.82, 2.24) is 0 Å². The highest BCUT2D eigenvalue weighted by Gasteiger charge is 2.60. The van der Waals surface area contributed by atoms with Crippen molar-refractivity contribution in [3.63, 3.8) is 0 Å². The van der Waals surface area contributed by atoms with Crippen molar-refractivity contribution >= 4 is 11.9 Å². The molecule has 0 bridgehead atoms. The lowest BCUT2D eigenvalue weighted by Crippen LogP contribution is -2.40. The largest absolute Gasteiger partial charge is 0.392 e. The molecule has 2 aliphatic carbocycles. The molecule has 0 aromatic heterocycles. The first-order valence-electron chi connectivity index (χ1n) is 8.01. The molecule has 3 heteroatoms. The number of cyclic esters (lactones) is 2. The van der Waals surface area contributed by atoms with E-state index in [1.54, 1.807) is 0 Å². The third-order valence-electron chi connectivity index (χ3n) is 5.65. The van der Waals surface area contributed by atoms with Gasteiger partial charge in [-0.1, -0.05) is 44.9 Å². The van der Waals surface area contributed by atoms with Crippen LogP contribution in [-0.4, -0.2) is 11.9 Å². The molecule has 3 aliphatic rings. The average molecular weight is 264 g/mol. The Bertz CT molecular complexity index is 368. The van der Waals surface area contributed by atoms with Gasteiger partial charge in [-0.2, -0.15) is 0 Å². The van der Waals surface area contributed by atoms with Gasteiger partial charge < -0.3 is 4.74 Å². The standard InChI is InChI=1S/C16H24O3/c17-14-13-10-6-3-7-11-16(13,15(18)19-14)12-8-4-1-2-5-9-12/h12-13H,1-11H2. The summed E-state index contributed by atoms with van der Waals surface area (Å²) >= 11 is 0. The van der Waals surface area contributed by atoms with Gasteiger partial charge in [0, 0.05) is 0 Å². The van der Waals surface area contributed by atoms with E-state index in [1.165, 1.54) is 25.7 Å². The Morgan fingerprint density at radius 1 is 0.842 bits per heavy atom. The molecule has 2 atom stereocenters. The minimum absolute atomic E-state index is 0.134. The van der Waals surface area contributed by atoms with Crippen LogP contribution in [0.4, 0.5) is 0 Å². The van der Waals surface area contributed by atoms with Crippen LogP contribution in [0.2, 0.25) is 0 Å². The van der Waals surface area contributed by atoms with Crippen molar-refractivity contribution in [1.29, 1.82) is 0 Å². The number of hydrogen-bond donors (Lipinski definition) is 0. The molecule has 0 N–H and O–H groups in total. The van der Waals surface area contributed by atoms with E-state index in [2.05, 4.69) is 0 Å². The first-order valence-corrected chi connectivity index (χ1v) is 8.01. The Hall–Kier alpha value is -0.860.